The summed E-state index contributed by atoms with van der Waals surface area (Å²) in [5.74, 6) is -0.600. The lowest BCUT2D eigenvalue weighted by Gasteiger charge is -2.13. The molecule has 0 radical (unpaired) electrons. The largest absolute Gasteiger partial charge is 0.396 e. The molecule has 122 valence electrons. The number of benzene rings is 2. The van der Waals surface area contributed by atoms with E-state index in [-0.39, 0.29) is 17.8 Å². The van der Waals surface area contributed by atoms with Crippen LogP contribution in [-0.2, 0) is 0 Å². The highest BCUT2D eigenvalue weighted by atomic mass is 32.1. The monoisotopic (exact) mass is 341 g/mol. The van der Waals surface area contributed by atoms with Crippen molar-refractivity contribution in [1.82, 2.24) is 9.69 Å². The quantitative estimate of drug-likeness (QED) is 0.753. The van der Waals surface area contributed by atoms with Crippen LogP contribution in [0.5, 0.6) is 0 Å². The number of nitrogens with zero attached hydrogens (tertiary/aromatic N) is 1. The van der Waals surface area contributed by atoms with Crippen molar-refractivity contribution >= 4 is 23.1 Å². The van der Waals surface area contributed by atoms with Crippen LogP contribution in [0.1, 0.15) is 28.2 Å². The molecule has 0 aliphatic carbocycles. The predicted molar refractivity (Wildman–Crippen MR) is 94.2 cm³/mol. The fourth-order valence-corrected chi connectivity index (χ4v) is 3.09. The minimum Gasteiger partial charge on any atom is -0.396 e. The maximum atomic E-state index is 13.0. The number of aromatic nitrogens is 1. The van der Waals surface area contributed by atoms with E-state index in [4.69, 9.17) is 5.73 Å². The summed E-state index contributed by atoms with van der Waals surface area (Å²) in [5, 5.41) is 2.92. The lowest BCUT2D eigenvalue weighted by atomic mass is 10.1. The summed E-state index contributed by atoms with van der Waals surface area (Å²) in [6, 6.07) is 15.4. The number of hydrogen-bond donors (Lipinski definition) is 2. The van der Waals surface area contributed by atoms with Crippen LogP contribution in [-0.4, -0.2) is 10.3 Å². The maximum Gasteiger partial charge on any atom is 0.265 e. The number of amides is 1. The van der Waals surface area contributed by atoms with Gasteiger partial charge in [0, 0.05) is 5.56 Å². The zero-order valence-electron chi connectivity index (χ0n) is 13.0. The molecule has 1 amide bonds. The standard InChI is InChI=1S/C18H16FN3OS/c1-11(12-5-3-2-4-6-12)21-18(23)17-15(20)16(22-24-17)13-7-9-14(19)10-8-13/h2-11H,20H2,1H3,(H,21,23). The summed E-state index contributed by atoms with van der Waals surface area (Å²) in [6.07, 6.45) is 0. The molecule has 2 aromatic carbocycles. The van der Waals surface area contributed by atoms with Gasteiger partial charge in [-0.25, -0.2) is 4.39 Å². The molecule has 3 N–H and O–H groups in total. The topological polar surface area (TPSA) is 68.0 Å². The van der Waals surface area contributed by atoms with Gasteiger partial charge in [-0.1, -0.05) is 30.3 Å². The van der Waals surface area contributed by atoms with Gasteiger partial charge in [-0.15, -0.1) is 0 Å². The van der Waals surface area contributed by atoms with E-state index in [1.807, 2.05) is 37.3 Å². The van der Waals surface area contributed by atoms with Crippen molar-refractivity contribution in [3.8, 4) is 11.3 Å². The molecule has 24 heavy (non-hydrogen) atoms. The molecule has 4 nitrogen and oxygen atoms in total. The van der Waals surface area contributed by atoms with Crippen LogP contribution in [0.4, 0.5) is 10.1 Å². The Labute approximate surface area is 143 Å². The second kappa shape index (κ2) is 6.80. The lowest BCUT2D eigenvalue weighted by molar-refractivity contribution is 0.0945. The Kier molecular flexibility index (Phi) is 4.57. The summed E-state index contributed by atoms with van der Waals surface area (Å²) in [4.78, 5) is 12.8. The van der Waals surface area contributed by atoms with Gasteiger partial charge < -0.3 is 11.1 Å². The molecule has 0 saturated heterocycles. The minimum absolute atomic E-state index is 0.144. The Hall–Kier alpha value is -2.73. The molecule has 1 unspecified atom stereocenters. The molecule has 0 fully saturated rings. The Morgan fingerprint density at radius 3 is 2.50 bits per heavy atom. The van der Waals surface area contributed by atoms with Gasteiger partial charge in [0.05, 0.1) is 11.7 Å². The second-order valence-corrected chi connectivity index (χ2v) is 6.16. The second-order valence-electron chi connectivity index (χ2n) is 5.39. The molecule has 3 rings (SSSR count). The van der Waals surface area contributed by atoms with Crippen molar-refractivity contribution in [3.63, 3.8) is 0 Å². The Bertz CT molecular complexity index is 846. The van der Waals surface area contributed by atoms with Crippen molar-refractivity contribution < 1.29 is 9.18 Å². The number of nitrogens with two attached hydrogens (primary N) is 1. The number of carbonyl (C=O) groups is 1. The zero-order chi connectivity index (χ0) is 17.1. The van der Waals surface area contributed by atoms with E-state index in [1.165, 1.54) is 12.1 Å². The highest BCUT2D eigenvalue weighted by Gasteiger charge is 2.20. The number of anilines is 1. The van der Waals surface area contributed by atoms with E-state index >= 15 is 0 Å². The third-order valence-electron chi connectivity index (χ3n) is 3.70. The van der Waals surface area contributed by atoms with Crippen LogP contribution in [0.25, 0.3) is 11.3 Å². The summed E-state index contributed by atoms with van der Waals surface area (Å²) >= 11 is 1.04. The van der Waals surface area contributed by atoms with E-state index in [1.54, 1.807) is 12.1 Å². The first-order chi connectivity index (χ1) is 11.6. The van der Waals surface area contributed by atoms with Gasteiger partial charge in [0.1, 0.15) is 16.4 Å². The van der Waals surface area contributed by atoms with E-state index in [9.17, 15) is 9.18 Å². The van der Waals surface area contributed by atoms with Crippen molar-refractivity contribution in [2.45, 2.75) is 13.0 Å². The Balaban J connectivity index is 1.80. The van der Waals surface area contributed by atoms with Crippen molar-refractivity contribution in [2.75, 3.05) is 5.73 Å². The highest BCUT2D eigenvalue weighted by Crippen LogP contribution is 2.31. The van der Waals surface area contributed by atoms with Gasteiger partial charge in [0.15, 0.2) is 0 Å². The molecule has 6 heteroatoms. The van der Waals surface area contributed by atoms with Gasteiger partial charge >= 0.3 is 0 Å². The molecular formula is C18H16FN3OS. The maximum absolute atomic E-state index is 13.0. The van der Waals surface area contributed by atoms with Crippen LogP contribution in [0.3, 0.4) is 0 Å². The smallest absolute Gasteiger partial charge is 0.265 e. The summed E-state index contributed by atoms with van der Waals surface area (Å²) in [6.45, 7) is 1.91. The molecule has 0 aliphatic heterocycles. The number of nitrogen functional groups attached to an aromatic ring is 1. The van der Waals surface area contributed by atoms with E-state index < -0.39 is 0 Å². The van der Waals surface area contributed by atoms with Crippen LogP contribution in [0.2, 0.25) is 0 Å². The van der Waals surface area contributed by atoms with Crippen molar-refractivity contribution in [3.05, 3.63) is 70.9 Å². The third-order valence-corrected chi connectivity index (χ3v) is 4.56. The molecule has 3 aromatic rings. The van der Waals surface area contributed by atoms with Gasteiger partial charge in [0.2, 0.25) is 0 Å². The molecule has 1 aromatic heterocycles. The average Bonchev–Trinajstić information content (AvgIpc) is 2.98. The molecule has 0 spiro atoms. The normalized spacial score (nSPS) is 11.9. The zero-order valence-corrected chi connectivity index (χ0v) is 13.8. The molecule has 1 atom stereocenters. The van der Waals surface area contributed by atoms with Crippen LogP contribution >= 0.6 is 11.5 Å². The van der Waals surface area contributed by atoms with Crippen LogP contribution in [0.15, 0.2) is 54.6 Å². The average molecular weight is 341 g/mol. The van der Waals surface area contributed by atoms with Crippen LogP contribution < -0.4 is 11.1 Å². The van der Waals surface area contributed by atoms with E-state index in [0.717, 1.165) is 17.1 Å². The van der Waals surface area contributed by atoms with E-state index in [2.05, 4.69) is 9.69 Å². The lowest BCUT2D eigenvalue weighted by Crippen LogP contribution is -2.26. The third kappa shape index (κ3) is 3.28. The fourth-order valence-electron chi connectivity index (χ4n) is 2.36. The van der Waals surface area contributed by atoms with Gasteiger partial charge in [-0.3, -0.25) is 4.79 Å². The van der Waals surface area contributed by atoms with E-state index in [0.29, 0.717) is 21.8 Å². The van der Waals surface area contributed by atoms with Crippen molar-refractivity contribution in [1.29, 1.82) is 0 Å². The first kappa shape index (κ1) is 16.1. The van der Waals surface area contributed by atoms with Gasteiger partial charge in [-0.05, 0) is 48.3 Å². The fraction of sp³-hybridized carbons (Fsp3) is 0.111. The number of halogens is 1. The van der Waals surface area contributed by atoms with Gasteiger partial charge in [-0.2, -0.15) is 4.37 Å². The first-order valence-electron chi connectivity index (χ1n) is 7.43. The number of nitrogens with one attached hydrogen (secondary N) is 1. The molecular weight excluding hydrogens is 325 g/mol. The molecule has 0 aliphatic rings. The SMILES string of the molecule is CC(NC(=O)c1snc(-c2ccc(F)cc2)c1N)c1ccccc1. The molecule has 1 heterocycles. The van der Waals surface area contributed by atoms with Crippen LogP contribution in [0, 0.1) is 5.82 Å². The summed E-state index contributed by atoms with van der Waals surface area (Å²) in [5.41, 5.74) is 8.58. The first-order valence-corrected chi connectivity index (χ1v) is 8.20. The number of hydrogen-bond acceptors (Lipinski definition) is 4. The highest BCUT2D eigenvalue weighted by molar-refractivity contribution is 7.09. The number of carbonyl (C=O) groups excluding carboxylic acids is 1. The number of rotatable bonds is 4. The molecule has 0 bridgehead atoms. The Morgan fingerprint density at radius 1 is 1.17 bits per heavy atom. The Morgan fingerprint density at radius 2 is 1.83 bits per heavy atom. The minimum atomic E-state index is -0.331. The molecule has 0 saturated carbocycles. The summed E-state index contributed by atoms with van der Waals surface area (Å²) in [7, 11) is 0. The predicted octanol–water partition coefficient (Wildman–Crippen LogP) is 4.02. The van der Waals surface area contributed by atoms with Crippen molar-refractivity contribution in [2.24, 2.45) is 0 Å². The van der Waals surface area contributed by atoms with Gasteiger partial charge in [0.25, 0.3) is 5.91 Å². The summed E-state index contributed by atoms with van der Waals surface area (Å²) < 4.78 is 17.3.